The van der Waals surface area contributed by atoms with Crippen molar-refractivity contribution < 1.29 is 28.6 Å². The molecule has 7 heteroatoms. The zero-order valence-electron chi connectivity index (χ0n) is 19.7. The topological polar surface area (TPSA) is 90.9 Å². The molecule has 0 radical (unpaired) electrons. The Bertz CT molecular complexity index is 1240. The van der Waals surface area contributed by atoms with E-state index in [1.807, 2.05) is 38.1 Å². The smallest absolute Gasteiger partial charge is 0.307 e. The van der Waals surface area contributed by atoms with Gasteiger partial charge in [0, 0.05) is 23.2 Å². The fourth-order valence-corrected chi connectivity index (χ4v) is 3.74. The summed E-state index contributed by atoms with van der Waals surface area (Å²) in [6.45, 7) is 4.71. The van der Waals surface area contributed by atoms with Crippen LogP contribution in [0.5, 0.6) is 11.5 Å². The van der Waals surface area contributed by atoms with Crippen LogP contribution in [0.3, 0.4) is 0 Å². The van der Waals surface area contributed by atoms with E-state index in [0.717, 1.165) is 11.1 Å². The van der Waals surface area contributed by atoms with Gasteiger partial charge in [-0.05, 0) is 49.2 Å². The molecular formula is C28H27NO6. The Kier molecular flexibility index (Phi) is 7.45. The number of nitrogens with one attached hydrogen (secondary N) is 1. The summed E-state index contributed by atoms with van der Waals surface area (Å²) >= 11 is 0. The average molecular weight is 474 g/mol. The SMILES string of the molecule is Cc1ccc(C)c(NC(=O)C(OC(=O)CCC(=O)c2ccc3c(c2)OCCO3)c2ccccc2)c1. The van der Waals surface area contributed by atoms with Gasteiger partial charge in [-0.25, -0.2) is 0 Å². The minimum Gasteiger partial charge on any atom is -0.486 e. The number of carbonyl (C=O) groups is 3. The number of anilines is 1. The first kappa shape index (κ1) is 24.0. The number of ether oxygens (including phenoxy) is 3. The van der Waals surface area contributed by atoms with Crippen LogP contribution in [0.2, 0.25) is 0 Å². The van der Waals surface area contributed by atoms with Crippen LogP contribution in [0, 0.1) is 13.8 Å². The van der Waals surface area contributed by atoms with Crippen molar-refractivity contribution in [3.63, 3.8) is 0 Å². The molecule has 0 aromatic heterocycles. The molecule has 0 saturated carbocycles. The summed E-state index contributed by atoms with van der Waals surface area (Å²) < 4.78 is 16.6. The highest BCUT2D eigenvalue weighted by Gasteiger charge is 2.26. The molecule has 3 aromatic carbocycles. The van der Waals surface area contributed by atoms with Crippen molar-refractivity contribution in [3.05, 3.63) is 89.0 Å². The van der Waals surface area contributed by atoms with Gasteiger partial charge < -0.3 is 19.5 Å². The number of esters is 1. The number of fused-ring (bicyclic) bond motifs is 1. The van der Waals surface area contributed by atoms with Crippen molar-refractivity contribution in [2.24, 2.45) is 0 Å². The summed E-state index contributed by atoms with van der Waals surface area (Å²) in [5.41, 5.74) is 3.51. The van der Waals surface area contributed by atoms with Crippen LogP contribution in [0.25, 0.3) is 0 Å². The summed E-state index contributed by atoms with van der Waals surface area (Å²) in [5.74, 6) is -0.225. The molecule has 0 saturated heterocycles. The standard InChI is InChI=1S/C28H27NO6/c1-18-8-9-19(2)22(16-18)29-28(32)27(20-6-4-3-5-7-20)35-26(31)13-11-23(30)21-10-12-24-25(17-21)34-15-14-33-24/h3-10,12,16-17,27H,11,13-15H2,1-2H3,(H,29,32). The molecule has 1 aliphatic rings. The first-order valence-electron chi connectivity index (χ1n) is 11.5. The molecule has 0 spiro atoms. The van der Waals surface area contributed by atoms with Crippen LogP contribution in [0.4, 0.5) is 5.69 Å². The van der Waals surface area contributed by atoms with Crippen LogP contribution in [0.15, 0.2) is 66.7 Å². The minimum absolute atomic E-state index is 0.0570. The molecule has 1 amide bonds. The first-order chi connectivity index (χ1) is 16.9. The third-order valence-electron chi connectivity index (χ3n) is 5.66. The number of benzene rings is 3. The molecule has 0 bridgehead atoms. The van der Waals surface area contributed by atoms with Crippen LogP contribution in [-0.2, 0) is 14.3 Å². The van der Waals surface area contributed by atoms with E-state index in [1.165, 1.54) is 0 Å². The molecule has 1 N–H and O–H groups in total. The maximum Gasteiger partial charge on any atom is 0.307 e. The lowest BCUT2D eigenvalue weighted by atomic mass is 10.1. The van der Waals surface area contributed by atoms with Gasteiger partial charge in [0.1, 0.15) is 13.2 Å². The van der Waals surface area contributed by atoms with Crippen molar-refractivity contribution in [1.29, 1.82) is 0 Å². The van der Waals surface area contributed by atoms with Crippen LogP contribution in [0.1, 0.15) is 46.0 Å². The van der Waals surface area contributed by atoms with E-state index in [0.29, 0.717) is 41.5 Å². The lowest BCUT2D eigenvalue weighted by Gasteiger charge is -2.19. The number of rotatable bonds is 8. The van der Waals surface area contributed by atoms with Crippen molar-refractivity contribution in [2.45, 2.75) is 32.8 Å². The molecule has 1 atom stereocenters. The van der Waals surface area contributed by atoms with Gasteiger partial charge in [0.05, 0.1) is 6.42 Å². The molecule has 180 valence electrons. The first-order valence-corrected chi connectivity index (χ1v) is 11.5. The second kappa shape index (κ2) is 10.9. The van der Waals surface area contributed by atoms with E-state index < -0.39 is 18.0 Å². The van der Waals surface area contributed by atoms with E-state index in [2.05, 4.69) is 5.32 Å². The predicted octanol–water partition coefficient (Wildman–Crippen LogP) is 4.96. The fraction of sp³-hybridized carbons (Fsp3) is 0.250. The van der Waals surface area contributed by atoms with Crippen LogP contribution >= 0.6 is 0 Å². The highest BCUT2D eigenvalue weighted by Crippen LogP contribution is 2.31. The predicted molar refractivity (Wildman–Crippen MR) is 131 cm³/mol. The van der Waals surface area contributed by atoms with Crippen molar-refractivity contribution in [1.82, 2.24) is 0 Å². The van der Waals surface area contributed by atoms with Gasteiger partial charge in [-0.15, -0.1) is 0 Å². The number of hydrogen-bond acceptors (Lipinski definition) is 6. The summed E-state index contributed by atoms with van der Waals surface area (Å²) in [4.78, 5) is 38.5. The maximum absolute atomic E-state index is 13.1. The lowest BCUT2D eigenvalue weighted by molar-refractivity contribution is -0.154. The Morgan fingerprint density at radius 1 is 0.886 bits per heavy atom. The summed E-state index contributed by atoms with van der Waals surface area (Å²) in [6, 6.07) is 19.5. The highest BCUT2D eigenvalue weighted by molar-refractivity contribution is 5.99. The Balaban J connectivity index is 1.42. The summed E-state index contributed by atoms with van der Waals surface area (Å²) in [6.07, 6.45) is -1.36. The Labute approximate surface area is 204 Å². The zero-order valence-corrected chi connectivity index (χ0v) is 19.7. The lowest BCUT2D eigenvalue weighted by Crippen LogP contribution is -2.26. The third kappa shape index (κ3) is 6.06. The van der Waals surface area contributed by atoms with E-state index >= 15 is 0 Å². The molecular weight excluding hydrogens is 446 g/mol. The molecule has 4 rings (SSSR count). The highest BCUT2D eigenvalue weighted by atomic mass is 16.6. The molecule has 3 aromatic rings. The molecule has 1 heterocycles. The number of amides is 1. The third-order valence-corrected chi connectivity index (χ3v) is 5.66. The van der Waals surface area contributed by atoms with Gasteiger partial charge in [-0.1, -0.05) is 42.5 Å². The molecule has 35 heavy (non-hydrogen) atoms. The van der Waals surface area contributed by atoms with E-state index in [1.54, 1.807) is 42.5 Å². The number of carbonyl (C=O) groups excluding carboxylic acids is 3. The second-order valence-corrected chi connectivity index (χ2v) is 8.37. The molecule has 7 nitrogen and oxygen atoms in total. The largest absolute Gasteiger partial charge is 0.486 e. The van der Waals surface area contributed by atoms with Crippen molar-refractivity contribution in [3.8, 4) is 11.5 Å². The van der Waals surface area contributed by atoms with Gasteiger partial charge in [-0.2, -0.15) is 0 Å². The van der Waals surface area contributed by atoms with Gasteiger partial charge >= 0.3 is 5.97 Å². The van der Waals surface area contributed by atoms with Crippen LogP contribution in [-0.4, -0.2) is 30.9 Å². The van der Waals surface area contributed by atoms with Crippen molar-refractivity contribution in [2.75, 3.05) is 18.5 Å². The summed E-state index contributed by atoms with van der Waals surface area (Å²) in [7, 11) is 0. The number of Topliss-reactive ketones (excluding diaryl/α,β-unsaturated/α-hetero) is 1. The molecule has 0 aliphatic carbocycles. The number of aryl methyl sites for hydroxylation is 2. The maximum atomic E-state index is 13.1. The number of hydrogen-bond donors (Lipinski definition) is 1. The Morgan fingerprint density at radius 2 is 1.63 bits per heavy atom. The quantitative estimate of drug-likeness (QED) is 0.367. The van der Waals surface area contributed by atoms with Gasteiger partial charge in [0.15, 0.2) is 17.3 Å². The van der Waals surface area contributed by atoms with E-state index in [4.69, 9.17) is 14.2 Å². The second-order valence-electron chi connectivity index (χ2n) is 8.37. The fourth-order valence-electron chi connectivity index (χ4n) is 3.74. The average Bonchev–Trinajstić information content (AvgIpc) is 2.88. The normalized spacial score (nSPS) is 13.0. The zero-order chi connectivity index (χ0) is 24.8. The van der Waals surface area contributed by atoms with Gasteiger partial charge in [0.2, 0.25) is 6.10 Å². The molecule has 1 unspecified atom stereocenters. The van der Waals surface area contributed by atoms with Gasteiger partial charge in [-0.3, -0.25) is 14.4 Å². The summed E-state index contributed by atoms with van der Waals surface area (Å²) in [5, 5.41) is 2.87. The van der Waals surface area contributed by atoms with E-state index in [-0.39, 0.29) is 18.6 Å². The monoisotopic (exact) mass is 473 g/mol. The molecule has 1 aliphatic heterocycles. The van der Waals surface area contributed by atoms with Crippen molar-refractivity contribution >= 4 is 23.3 Å². The van der Waals surface area contributed by atoms with Gasteiger partial charge in [0.25, 0.3) is 5.91 Å². The minimum atomic E-state index is -1.15. The Morgan fingerprint density at radius 3 is 2.40 bits per heavy atom. The van der Waals surface area contributed by atoms with Crippen LogP contribution < -0.4 is 14.8 Å². The Hall–Kier alpha value is -4.13. The molecule has 0 fully saturated rings. The number of ketones is 1. The van der Waals surface area contributed by atoms with E-state index in [9.17, 15) is 14.4 Å².